The minimum atomic E-state index is -0.706. The van der Waals surface area contributed by atoms with Crippen molar-refractivity contribution in [2.45, 2.75) is 41.9 Å². The van der Waals surface area contributed by atoms with Crippen LogP contribution in [0.1, 0.15) is 31.2 Å². The Balaban J connectivity index is 1.84. The maximum Gasteiger partial charge on any atom is 0.313 e. The van der Waals surface area contributed by atoms with E-state index in [9.17, 15) is 4.79 Å². The SMILES string of the molecule is O=C(O)CSC1CCCCC1SCc1ccc(Cl)cc1. The van der Waals surface area contributed by atoms with E-state index in [0.29, 0.717) is 10.5 Å². The first kappa shape index (κ1) is 16.1. The summed E-state index contributed by atoms with van der Waals surface area (Å²) in [5, 5.41) is 10.7. The number of hydrogen-bond acceptors (Lipinski definition) is 3. The van der Waals surface area contributed by atoms with E-state index >= 15 is 0 Å². The number of benzene rings is 1. The zero-order valence-corrected chi connectivity index (χ0v) is 13.6. The Hall–Kier alpha value is -0.320. The summed E-state index contributed by atoms with van der Waals surface area (Å²) in [4.78, 5) is 10.7. The molecule has 0 spiro atoms. The lowest BCUT2D eigenvalue weighted by molar-refractivity contribution is -0.133. The van der Waals surface area contributed by atoms with E-state index in [-0.39, 0.29) is 5.75 Å². The maximum atomic E-state index is 10.7. The van der Waals surface area contributed by atoms with Gasteiger partial charge in [-0.05, 0) is 30.5 Å². The molecule has 0 heterocycles. The quantitative estimate of drug-likeness (QED) is 0.820. The molecule has 0 bridgehead atoms. The first-order valence-corrected chi connectivity index (χ1v) is 9.32. The number of carboxylic acid groups (broad SMARTS) is 1. The third-order valence-electron chi connectivity index (χ3n) is 3.44. The molecule has 2 nitrogen and oxygen atoms in total. The third kappa shape index (κ3) is 5.23. The van der Waals surface area contributed by atoms with Crippen molar-refractivity contribution < 1.29 is 9.90 Å². The number of carbonyl (C=O) groups is 1. The van der Waals surface area contributed by atoms with Crippen LogP contribution in [0, 0.1) is 0 Å². The predicted molar refractivity (Wildman–Crippen MR) is 88.9 cm³/mol. The van der Waals surface area contributed by atoms with E-state index in [1.807, 2.05) is 23.9 Å². The average Bonchev–Trinajstić information content (AvgIpc) is 2.45. The largest absolute Gasteiger partial charge is 0.481 e. The number of aliphatic carboxylic acids is 1. The van der Waals surface area contributed by atoms with Crippen LogP contribution in [0.5, 0.6) is 0 Å². The minimum Gasteiger partial charge on any atom is -0.481 e. The van der Waals surface area contributed by atoms with Crippen LogP contribution >= 0.6 is 35.1 Å². The van der Waals surface area contributed by atoms with Gasteiger partial charge in [0.1, 0.15) is 0 Å². The molecule has 2 atom stereocenters. The second-order valence-electron chi connectivity index (χ2n) is 5.00. The summed E-state index contributed by atoms with van der Waals surface area (Å²) < 4.78 is 0. The molecule has 0 radical (unpaired) electrons. The van der Waals surface area contributed by atoms with E-state index < -0.39 is 5.97 Å². The highest BCUT2D eigenvalue weighted by Crippen LogP contribution is 2.37. The molecule has 2 rings (SSSR count). The molecule has 1 aromatic rings. The van der Waals surface area contributed by atoms with Crippen LogP contribution < -0.4 is 0 Å². The summed E-state index contributed by atoms with van der Waals surface area (Å²) in [6.07, 6.45) is 4.85. The molecule has 110 valence electrons. The molecule has 1 aliphatic carbocycles. The summed E-state index contributed by atoms with van der Waals surface area (Å²) in [7, 11) is 0. The second-order valence-corrected chi connectivity index (χ2v) is 7.90. The first-order valence-electron chi connectivity index (χ1n) is 6.84. The maximum absolute atomic E-state index is 10.7. The number of carboxylic acids is 1. The lowest BCUT2D eigenvalue weighted by atomic mass is 10.00. The zero-order valence-electron chi connectivity index (χ0n) is 11.3. The summed E-state index contributed by atoms with van der Waals surface area (Å²) >= 11 is 9.46. The van der Waals surface area contributed by atoms with Crippen LogP contribution in [0.15, 0.2) is 24.3 Å². The molecule has 0 aromatic heterocycles. The second kappa shape index (κ2) is 8.20. The normalized spacial score (nSPS) is 22.6. The molecule has 1 aliphatic rings. The van der Waals surface area contributed by atoms with Crippen LogP contribution in [0.2, 0.25) is 5.02 Å². The highest BCUT2D eigenvalue weighted by Gasteiger charge is 2.26. The van der Waals surface area contributed by atoms with Crippen molar-refractivity contribution in [3.8, 4) is 0 Å². The van der Waals surface area contributed by atoms with E-state index in [2.05, 4.69) is 12.1 Å². The molecule has 1 saturated carbocycles. The third-order valence-corrected chi connectivity index (χ3v) is 6.76. The van der Waals surface area contributed by atoms with Crippen molar-refractivity contribution in [1.82, 2.24) is 0 Å². The zero-order chi connectivity index (χ0) is 14.4. The highest BCUT2D eigenvalue weighted by atomic mass is 35.5. The van der Waals surface area contributed by atoms with Gasteiger partial charge in [0.15, 0.2) is 0 Å². The standard InChI is InChI=1S/C15H19ClO2S2/c16-12-7-5-11(6-8-12)9-19-13-3-1-2-4-14(13)20-10-15(17)18/h5-8,13-14H,1-4,9-10H2,(H,17,18). The Morgan fingerprint density at radius 3 is 2.35 bits per heavy atom. The fourth-order valence-corrected chi connectivity index (χ4v) is 5.33. The Kier molecular flexibility index (Phi) is 6.59. The van der Waals surface area contributed by atoms with Gasteiger partial charge in [-0.15, -0.1) is 11.8 Å². The molecular formula is C15H19ClO2S2. The molecule has 0 aliphatic heterocycles. The smallest absolute Gasteiger partial charge is 0.313 e. The molecule has 1 N–H and O–H groups in total. The van der Waals surface area contributed by atoms with Gasteiger partial charge in [0.05, 0.1) is 5.75 Å². The fraction of sp³-hybridized carbons (Fsp3) is 0.533. The summed E-state index contributed by atoms with van der Waals surface area (Å²) in [6.45, 7) is 0. The van der Waals surface area contributed by atoms with Gasteiger partial charge in [-0.3, -0.25) is 4.79 Å². The highest BCUT2D eigenvalue weighted by molar-refractivity contribution is 8.03. The summed E-state index contributed by atoms with van der Waals surface area (Å²) in [5.41, 5.74) is 1.28. The minimum absolute atomic E-state index is 0.225. The molecule has 20 heavy (non-hydrogen) atoms. The van der Waals surface area contributed by atoms with Crippen LogP contribution in [0.3, 0.4) is 0 Å². The molecule has 1 aromatic carbocycles. The van der Waals surface area contributed by atoms with Crippen molar-refractivity contribution in [3.63, 3.8) is 0 Å². The molecule has 0 saturated heterocycles. The Labute approximate surface area is 133 Å². The number of thioether (sulfide) groups is 2. The fourth-order valence-electron chi connectivity index (χ4n) is 2.41. The first-order chi connectivity index (χ1) is 9.65. The van der Waals surface area contributed by atoms with E-state index in [4.69, 9.17) is 16.7 Å². The van der Waals surface area contributed by atoms with Gasteiger partial charge in [-0.25, -0.2) is 0 Å². The van der Waals surface area contributed by atoms with E-state index in [0.717, 1.165) is 17.2 Å². The van der Waals surface area contributed by atoms with Crippen LogP contribution in [-0.4, -0.2) is 27.3 Å². The van der Waals surface area contributed by atoms with Gasteiger partial charge < -0.3 is 5.11 Å². The van der Waals surface area contributed by atoms with Gasteiger partial charge in [0.25, 0.3) is 0 Å². The average molecular weight is 331 g/mol. The lowest BCUT2D eigenvalue weighted by Crippen LogP contribution is -2.25. The molecule has 2 unspecified atom stereocenters. The van der Waals surface area contributed by atoms with Gasteiger partial charge in [0.2, 0.25) is 0 Å². The topological polar surface area (TPSA) is 37.3 Å². The van der Waals surface area contributed by atoms with Crippen molar-refractivity contribution in [2.24, 2.45) is 0 Å². The molecule has 5 heteroatoms. The van der Waals surface area contributed by atoms with Crippen LogP contribution in [-0.2, 0) is 10.5 Å². The van der Waals surface area contributed by atoms with Gasteiger partial charge in [-0.2, -0.15) is 11.8 Å². The molecular weight excluding hydrogens is 312 g/mol. The van der Waals surface area contributed by atoms with Crippen LogP contribution in [0.25, 0.3) is 0 Å². The van der Waals surface area contributed by atoms with Crippen molar-refractivity contribution in [3.05, 3.63) is 34.9 Å². The number of rotatable bonds is 6. The van der Waals surface area contributed by atoms with E-state index in [1.54, 1.807) is 11.8 Å². The Morgan fingerprint density at radius 2 is 1.75 bits per heavy atom. The van der Waals surface area contributed by atoms with Crippen molar-refractivity contribution in [1.29, 1.82) is 0 Å². The summed E-state index contributed by atoms with van der Waals surface area (Å²) in [5.74, 6) is 0.497. The van der Waals surface area contributed by atoms with E-state index in [1.165, 1.54) is 24.8 Å². The van der Waals surface area contributed by atoms with Gasteiger partial charge >= 0.3 is 5.97 Å². The van der Waals surface area contributed by atoms with Crippen molar-refractivity contribution in [2.75, 3.05) is 5.75 Å². The predicted octanol–water partition coefficient (Wildman–Crippen LogP) is 4.70. The Morgan fingerprint density at radius 1 is 1.15 bits per heavy atom. The van der Waals surface area contributed by atoms with Gasteiger partial charge in [0, 0.05) is 21.3 Å². The molecule has 0 amide bonds. The van der Waals surface area contributed by atoms with Gasteiger partial charge in [-0.1, -0.05) is 36.6 Å². The Bertz CT molecular complexity index is 436. The monoisotopic (exact) mass is 330 g/mol. The lowest BCUT2D eigenvalue weighted by Gasteiger charge is -2.30. The summed E-state index contributed by atoms with van der Waals surface area (Å²) in [6, 6.07) is 7.99. The van der Waals surface area contributed by atoms with Crippen molar-refractivity contribution >= 4 is 41.1 Å². The molecule has 1 fully saturated rings. The number of halogens is 1. The number of hydrogen-bond donors (Lipinski definition) is 1. The van der Waals surface area contributed by atoms with Crippen LogP contribution in [0.4, 0.5) is 0 Å².